The van der Waals surface area contributed by atoms with E-state index in [1.807, 2.05) is 13.0 Å². The topological polar surface area (TPSA) is 71.5 Å². The maximum absolute atomic E-state index is 12.1. The number of aromatic nitrogens is 1. The number of aryl methyl sites for hydroxylation is 1. The minimum Gasteiger partial charge on any atom is -0.506 e. The zero-order valence-electron chi connectivity index (χ0n) is 11.0. The Hall–Kier alpha value is -2.04. The molecular formula is C14H16N2O3. The average Bonchev–Trinajstić information content (AvgIpc) is 2.97. The monoisotopic (exact) mass is 260 g/mol. The van der Waals surface area contributed by atoms with E-state index in [4.69, 9.17) is 4.74 Å². The Bertz CT molecular complexity index is 593. The van der Waals surface area contributed by atoms with Crippen LogP contribution in [0, 0.1) is 13.8 Å². The highest BCUT2D eigenvalue weighted by atomic mass is 16.5. The van der Waals surface area contributed by atoms with Gasteiger partial charge in [0.2, 0.25) is 5.91 Å². The molecule has 5 nitrogen and oxygen atoms in total. The predicted molar refractivity (Wildman–Crippen MR) is 70.0 cm³/mol. The summed E-state index contributed by atoms with van der Waals surface area (Å²) in [4.78, 5) is 16.3. The van der Waals surface area contributed by atoms with Crippen LogP contribution in [0.4, 0.5) is 5.82 Å². The van der Waals surface area contributed by atoms with Crippen LogP contribution in [0.1, 0.15) is 35.6 Å². The van der Waals surface area contributed by atoms with Gasteiger partial charge in [-0.3, -0.25) is 4.79 Å². The Labute approximate surface area is 111 Å². The Morgan fingerprint density at radius 1 is 1.53 bits per heavy atom. The molecular weight excluding hydrogens is 244 g/mol. The van der Waals surface area contributed by atoms with Crippen LogP contribution in [0.2, 0.25) is 0 Å². The quantitative estimate of drug-likeness (QED) is 0.854. The third kappa shape index (κ3) is 1.85. The Kier molecular flexibility index (Phi) is 2.69. The Morgan fingerprint density at radius 3 is 3.00 bits per heavy atom. The van der Waals surface area contributed by atoms with Gasteiger partial charge in [-0.15, -0.1) is 0 Å². The van der Waals surface area contributed by atoms with Crippen molar-refractivity contribution < 1.29 is 14.6 Å². The number of nitrogens with one attached hydrogen (secondary N) is 1. The lowest BCUT2D eigenvalue weighted by atomic mass is 9.93. The molecule has 0 aromatic carbocycles. The average molecular weight is 260 g/mol. The minimum atomic E-state index is -0.321. The van der Waals surface area contributed by atoms with Gasteiger partial charge >= 0.3 is 0 Å². The molecule has 3 heterocycles. The largest absolute Gasteiger partial charge is 0.506 e. The van der Waals surface area contributed by atoms with E-state index in [1.54, 1.807) is 6.92 Å². The fraction of sp³-hybridized carbons (Fsp3) is 0.429. The second-order valence-corrected chi connectivity index (χ2v) is 4.99. The lowest BCUT2D eigenvalue weighted by Crippen LogP contribution is -2.13. The lowest BCUT2D eigenvalue weighted by molar-refractivity contribution is -0.117. The molecule has 5 heteroatoms. The van der Waals surface area contributed by atoms with E-state index in [-0.39, 0.29) is 17.6 Å². The van der Waals surface area contributed by atoms with Crippen LogP contribution >= 0.6 is 0 Å². The van der Waals surface area contributed by atoms with Gasteiger partial charge in [0.05, 0.1) is 24.0 Å². The number of anilines is 1. The van der Waals surface area contributed by atoms with Crippen LogP contribution in [0.25, 0.3) is 0 Å². The molecule has 1 aromatic rings. The number of carbonyl (C=O) groups is 1. The zero-order chi connectivity index (χ0) is 13.6. The molecule has 2 aliphatic heterocycles. The van der Waals surface area contributed by atoms with Crippen molar-refractivity contribution in [2.75, 3.05) is 11.9 Å². The minimum absolute atomic E-state index is 0.0769. The van der Waals surface area contributed by atoms with Crippen LogP contribution in [0.5, 0.6) is 5.75 Å². The number of aromatic hydroxyl groups is 1. The summed E-state index contributed by atoms with van der Waals surface area (Å²) < 4.78 is 5.47. The van der Waals surface area contributed by atoms with Crippen molar-refractivity contribution in [1.29, 1.82) is 0 Å². The second kappa shape index (κ2) is 4.26. The van der Waals surface area contributed by atoms with E-state index in [2.05, 4.69) is 10.3 Å². The molecule has 0 saturated carbocycles. The van der Waals surface area contributed by atoms with Crippen molar-refractivity contribution in [2.45, 2.75) is 32.6 Å². The summed E-state index contributed by atoms with van der Waals surface area (Å²) in [5, 5.41) is 12.8. The molecule has 1 unspecified atom stereocenters. The van der Waals surface area contributed by atoms with E-state index in [1.165, 1.54) is 0 Å². The highest BCUT2D eigenvalue weighted by Gasteiger charge is 2.36. The number of rotatable bonds is 2. The number of hydrogen-bond donors (Lipinski definition) is 2. The number of pyridine rings is 1. The van der Waals surface area contributed by atoms with E-state index in [0.29, 0.717) is 24.5 Å². The highest BCUT2D eigenvalue weighted by molar-refractivity contribution is 6.02. The first-order valence-corrected chi connectivity index (χ1v) is 6.40. The van der Waals surface area contributed by atoms with E-state index >= 15 is 0 Å². The SMILES string of the molecule is Cc1nc2c(c(C)c1O)C(CC1=CCCO1)C(=O)N2. The number of fused-ring (bicyclic) bond motifs is 1. The summed E-state index contributed by atoms with van der Waals surface area (Å²) in [6, 6.07) is 0. The number of hydrogen-bond acceptors (Lipinski definition) is 4. The third-order valence-corrected chi connectivity index (χ3v) is 3.73. The van der Waals surface area contributed by atoms with Gasteiger partial charge in [-0.1, -0.05) is 0 Å². The van der Waals surface area contributed by atoms with Gasteiger partial charge in [0.1, 0.15) is 11.6 Å². The van der Waals surface area contributed by atoms with Gasteiger partial charge in [0.25, 0.3) is 0 Å². The van der Waals surface area contributed by atoms with E-state index in [0.717, 1.165) is 23.3 Å². The predicted octanol–water partition coefficient (Wildman–Crippen LogP) is 2.13. The fourth-order valence-electron chi connectivity index (χ4n) is 2.72. The molecule has 2 N–H and O–H groups in total. The van der Waals surface area contributed by atoms with Crippen molar-refractivity contribution in [1.82, 2.24) is 4.98 Å². The van der Waals surface area contributed by atoms with Crippen LogP contribution < -0.4 is 5.32 Å². The molecule has 19 heavy (non-hydrogen) atoms. The van der Waals surface area contributed by atoms with Crippen LogP contribution in [0.15, 0.2) is 11.8 Å². The number of ether oxygens (including phenoxy) is 1. The van der Waals surface area contributed by atoms with Crippen molar-refractivity contribution >= 4 is 11.7 Å². The maximum atomic E-state index is 12.1. The summed E-state index contributed by atoms with van der Waals surface area (Å²) >= 11 is 0. The van der Waals surface area contributed by atoms with Crippen LogP contribution in [0.3, 0.4) is 0 Å². The number of amides is 1. The number of carbonyl (C=O) groups excluding carboxylic acids is 1. The molecule has 0 fully saturated rings. The molecule has 1 aromatic heterocycles. The number of nitrogens with zero attached hydrogens (tertiary/aromatic N) is 1. The molecule has 0 bridgehead atoms. The molecule has 2 aliphatic rings. The molecule has 0 saturated heterocycles. The molecule has 3 rings (SSSR count). The molecule has 1 atom stereocenters. The fourth-order valence-corrected chi connectivity index (χ4v) is 2.72. The lowest BCUT2D eigenvalue weighted by Gasteiger charge is -2.13. The highest BCUT2D eigenvalue weighted by Crippen LogP contribution is 2.41. The van der Waals surface area contributed by atoms with Gasteiger partial charge in [-0.05, 0) is 19.9 Å². The summed E-state index contributed by atoms with van der Waals surface area (Å²) in [7, 11) is 0. The van der Waals surface area contributed by atoms with Crippen molar-refractivity contribution in [3.63, 3.8) is 0 Å². The summed E-state index contributed by atoms with van der Waals surface area (Å²) in [6.45, 7) is 4.23. The van der Waals surface area contributed by atoms with E-state index < -0.39 is 0 Å². The molecule has 100 valence electrons. The summed E-state index contributed by atoms with van der Waals surface area (Å²) in [5.41, 5.74) is 2.06. The smallest absolute Gasteiger partial charge is 0.233 e. The van der Waals surface area contributed by atoms with Crippen molar-refractivity contribution in [2.24, 2.45) is 0 Å². The third-order valence-electron chi connectivity index (χ3n) is 3.73. The summed E-state index contributed by atoms with van der Waals surface area (Å²) in [6.07, 6.45) is 3.44. The van der Waals surface area contributed by atoms with Gasteiger partial charge in [-0.25, -0.2) is 4.98 Å². The summed E-state index contributed by atoms with van der Waals surface area (Å²) in [5.74, 6) is 1.20. The normalized spacial score (nSPS) is 20.8. The first kappa shape index (κ1) is 12.0. The second-order valence-electron chi connectivity index (χ2n) is 4.99. The molecule has 0 radical (unpaired) electrons. The van der Waals surface area contributed by atoms with Crippen LogP contribution in [-0.4, -0.2) is 22.6 Å². The maximum Gasteiger partial charge on any atom is 0.233 e. The van der Waals surface area contributed by atoms with Gasteiger partial charge in [0, 0.05) is 24.0 Å². The standard InChI is InChI=1S/C14H16N2O3/c1-7-11-10(6-9-4-3-5-19-9)14(18)16-13(11)15-8(2)12(7)17/h4,10,17H,3,5-6H2,1-2H3,(H,15,16,18). The Balaban J connectivity index is 2.01. The van der Waals surface area contributed by atoms with Crippen LogP contribution in [-0.2, 0) is 9.53 Å². The van der Waals surface area contributed by atoms with E-state index in [9.17, 15) is 9.90 Å². The van der Waals surface area contributed by atoms with Crippen molar-refractivity contribution in [3.8, 4) is 5.75 Å². The number of allylic oxidation sites excluding steroid dienone is 1. The van der Waals surface area contributed by atoms with Gasteiger partial charge < -0.3 is 15.2 Å². The molecule has 1 amide bonds. The zero-order valence-corrected chi connectivity index (χ0v) is 11.0. The molecule has 0 aliphatic carbocycles. The first-order valence-electron chi connectivity index (χ1n) is 6.40. The van der Waals surface area contributed by atoms with Crippen molar-refractivity contribution in [3.05, 3.63) is 28.7 Å². The molecule has 0 spiro atoms. The first-order chi connectivity index (χ1) is 9.08. The van der Waals surface area contributed by atoms with Gasteiger partial charge in [0.15, 0.2) is 0 Å². The van der Waals surface area contributed by atoms with Gasteiger partial charge in [-0.2, -0.15) is 0 Å². The Morgan fingerprint density at radius 2 is 2.32 bits per heavy atom.